The van der Waals surface area contributed by atoms with Crippen molar-refractivity contribution in [2.45, 2.75) is 25.4 Å². The summed E-state index contributed by atoms with van der Waals surface area (Å²) < 4.78 is 5.20. The molecule has 0 unspecified atom stereocenters. The molecule has 0 bridgehead atoms. The second-order valence-electron chi connectivity index (χ2n) is 5.03. The first kappa shape index (κ1) is 15.4. The highest BCUT2D eigenvalue weighted by atomic mass is 16.6. The van der Waals surface area contributed by atoms with Crippen LogP contribution in [-0.4, -0.2) is 52.4 Å². The number of nitrogens with zero attached hydrogens (tertiary/aromatic N) is 3. The van der Waals surface area contributed by atoms with E-state index in [4.69, 9.17) is 4.74 Å². The van der Waals surface area contributed by atoms with E-state index in [9.17, 15) is 15.2 Å². The smallest absolute Gasteiger partial charge is 0.332 e. The van der Waals surface area contributed by atoms with Gasteiger partial charge in [0.25, 0.3) is 0 Å². The monoisotopic (exact) mass is 297 g/mol. The standard InChI is InChI=1S/C12H19N5O4/c1-8-9(17(19)20)10(16-11(13-2)15-8)14-7-12(18)3-5-21-6-4-12/h18H,3-7H2,1-2H3,(H2,13,14,15,16). The summed E-state index contributed by atoms with van der Waals surface area (Å²) in [5.41, 5.74) is -0.851. The summed E-state index contributed by atoms with van der Waals surface area (Å²) in [5, 5.41) is 27.2. The van der Waals surface area contributed by atoms with Gasteiger partial charge in [0.2, 0.25) is 11.8 Å². The lowest BCUT2D eigenvalue weighted by Crippen LogP contribution is -2.42. The molecule has 0 spiro atoms. The molecule has 0 radical (unpaired) electrons. The minimum absolute atomic E-state index is 0.108. The van der Waals surface area contributed by atoms with Gasteiger partial charge in [-0.15, -0.1) is 0 Å². The van der Waals surface area contributed by atoms with E-state index in [-0.39, 0.29) is 23.7 Å². The zero-order valence-electron chi connectivity index (χ0n) is 12.0. The fraction of sp³-hybridized carbons (Fsp3) is 0.667. The maximum Gasteiger partial charge on any atom is 0.332 e. The zero-order valence-corrected chi connectivity index (χ0v) is 12.0. The van der Waals surface area contributed by atoms with E-state index < -0.39 is 10.5 Å². The number of hydrogen-bond acceptors (Lipinski definition) is 8. The molecule has 3 N–H and O–H groups in total. The first-order valence-electron chi connectivity index (χ1n) is 6.70. The molecule has 1 aliphatic heterocycles. The second-order valence-corrected chi connectivity index (χ2v) is 5.03. The van der Waals surface area contributed by atoms with Gasteiger partial charge in [0.15, 0.2) is 0 Å². The van der Waals surface area contributed by atoms with Crippen LogP contribution in [-0.2, 0) is 4.74 Å². The van der Waals surface area contributed by atoms with Crippen molar-refractivity contribution in [3.8, 4) is 0 Å². The van der Waals surface area contributed by atoms with Gasteiger partial charge in [-0.2, -0.15) is 4.98 Å². The molecule has 1 fully saturated rings. The molecule has 1 saturated heterocycles. The number of ether oxygens (including phenoxy) is 1. The quantitative estimate of drug-likeness (QED) is 0.536. The Kier molecular flexibility index (Phi) is 4.53. The number of rotatable bonds is 5. The van der Waals surface area contributed by atoms with Crippen LogP contribution < -0.4 is 10.6 Å². The number of nitrogens with one attached hydrogen (secondary N) is 2. The van der Waals surface area contributed by atoms with Crippen molar-refractivity contribution in [1.82, 2.24) is 9.97 Å². The van der Waals surface area contributed by atoms with Crippen LogP contribution in [0.25, 0.3) is 0 Å². The van der Waals surface area contributed by atoms with Gasteiger partial charge in [-0.1, -0.05) is 0 Å². The van der Waals surface area contributed by atoms with Crippen LogP contribution in [0, 0.1) is 17.0 Å². The molecule has 0 amide bonds. The van der Waals surface area contributed by atoms with Crippen molar-refractivity contribution in [2.75, 3.05) is 37.4 Å². The number of aliphatic hydroxyl groups is 1. The lowest BCUT2D eigenvalue weighted by molar-refractivity contribution is -0.385. The average molecular weight is 297 g/mol. The Hall–Kier alpha value is -2.00. The highest BCUT2D eigenvalue weighted by molar-refractivity contribution is 5.60. The summed E-state index contributed by atoms with van der Waals surface area (Å²) in [7, 11) is 1.64. The lowest BCUT2D eigenvalue weighted by Gasteiger charge is -2.32. The van der Waals surface area contributed by atoms with Gasteiger partial charge < -0.3 is 20.5 Å². The predicted octanol–water partition coefficient (Wildman–Crippen LogP) is 0.688. The van der Waals surface area contributed by atoms with E-state index in [1.165, 1.54) is 0 Å². The Morgan fingerprint density at radius 3 is 2.67 bits per heavy atom. The Morgan fingerprint density at radius 2 is 2.10 bits per heavy atom. The van der Waals surface area contributed by atoms with Crippen molar-refractivity contribution in [2.24, 2.45) is 0 Å². The van der Waals surface area contributed by atoms with Crippen molar-refractivity contribution >= 4 is 17.5 Å². The van der Waals surface area contributed by atoms with Crippen LogP contribution >= 0.6 is 0 Å². The van der Waals surface area contributed by atoms with Gasteiger partial charge in [-0.3, -0.25) is 10.1 Å². The molecule has 2 heterocycles. The van der Waals surface area contributed by atoms with Crippen LogP contribution in [0.5, 0.6) is 0 Å². The third-order valence-corrected chi connectivity index (χ3v) is 3.47. The Morgan fingerprint density at radius 1 is 1.43 bits per heavy atom. The Bertz CT molecular complexity index is 531. The first-order valence-corrected chi connectivity index (χ1v) is 6.70. The highest BCUT2D eigenvalue weighted by Gasteiger charge is 2.31. The molecular weight excluding hydrogens is 278 g/mol. The molecule has 116 valence electrons. The van der Waals surface area contributed by atoms with Crippen molar-refractivity contribution in [3.05, 3.63) is 15.8 Å². The zero-order chi connectivity index (χ0) is 15.5. The fourth-order valence-corrected chi connectivity index (χ4v) is 2.20. The molecule has 1 aromatic rings. The minimum Gasteiger partial charge on any atom is -0.388 e. The van der Waals surface area contributed by atoms with Gasteiger partial charge in [0.05, 0.1) is 10.5 Å². The number of hydrogen-bond donors (Lipinski definition) is 3. The van der Waals surface area contributed by atoms with Crippen molar-refractivity contribution in [3.63, 3.8) is 0 Å². The van der Waals surface area contributed by atoms with Crippen molar-refractivity contribution < 1.29 is 14.8 Å². The molecule has 0 atom stereocenters. The Labute approximate surface area is 121 Å². The summed E-state index contributed by atoms with van der Waals surface area (Å²) in [4.78, 5) is 18.7. The molecule has 0 saturated carbocycles. The normalized spacial score (nSPS) is 17.3. The number of nitro groups is 1. The number of aryl methyl sites for hydroxylation is 1. The summed E-state index contributed by atoms with van der Waals surface area (Å²) in [6.45, 7) is 2.68. The molecule has 1 aromatic heterocycles. The predicted molar refractivity (Wildman–Crippen MR) is 76.5 cm³/mol. The van der Waals surface area contributed by atoms with E-state index in [0.29, 0.717) is 32.0 Å². The topological polar surface area (TPSA) is 122 Å². The van der Waals surface area contributed by atoms with Crippen LogP contribution in [0.3, 0.4) is 0 Å². The number of anilines is 2. The van der Waals surface area contributed by atoms with Crippen LogP contribution in [0.2, 0.25) is 0 Å². The van der Waals surface area contributed by atoms with Crippen LogP contribution in [0.1, 0.15) is 18.5 Å². The fourth-order valence-electron chi connectivity index (χ4n) is 2.20. The summed E-state index contributed by atoms with van der Waals surface area (Å²) in [6, 6.07) is 0. The summed E-state index contributed by atoms with van der Waals surface area (Å²) in [5.74, 6) is 0.399. The van der Waals surface area contributed by atoms with E-state index in [1.54, 1.807) is 14.0 Å². The summed E-state index contributed by atoms with van der Waals surface area (Å²) in [6.07, 6.45) is 0.966. The maximum absolute atomic E-state index is 11.2. The third-order valence-electron chi connectivity index (χ3n) is 3.47. The van der Waals surface area contributed by atoms with Gasteiger partial charge in [-0.25, -0.2) is 4.98 Å². The third kappa shape index (κ3) is 3.56. The maximum atomic E-state index is 11.2. The molecular formula is C12H19N5O4. The minimum atomic E-state index is -0.940. The molecule has 0 aliphatic carbocycles. The van der Waals surface area contributed by atoms with Gasteiger partial charge in [0, 0.05) is 39.6 Å². The van der Waals surface area contributed by atoms with E-state index >= 15 is 0 Å². The van der Waals surface area contributed by atoms with E-state index in [0.717, 1.165) is 0 Å². The first-order chi connectivity index (χ1) is 9.95. The molecule has 1 aliphatic rings. The average Bonchev–Trinajstić information content (AvgIpc) is 2.45. The van der Waals surface area contributed by atoms with E-state index in [1.807, 2.05) is 0 Å². The molecule has 9 nitrogen and oxygen atoms in total. The number of aromatic nitrogens is 2. The molecule has 9 heteroatoms. The summed E-state index contributed by atoms with van der Waals surface area (Å²) >= 11 is 0. The lowest BCUT2D eigenvalue weighted by atomic mass is 9.94. The van der Waals surface area contributed by atoms with Gasteiger partial charge in [-0.05, 0) is 6.92 Å². The largest absolute Gasteiger partial charge is 0.388 e. The molecule has 0 aromatic carbocycles. The van der Waals surface area contributed by atoms with E-state index in [2.05, 4.69) is 20.6 Å². The van der Waals surface area contributed by atoms with Crippen LogP contribution in [0.15, 0.2) is 0 Å². The SMILES string of the molecule is CNc1nc(C)c([N+](=O)[O-])c(NCC2(O)CCOCC2)n1. The highest BCUT2D eigenvalue weighted by Crippen LogP contribution is 2.28. The Balaban J connectivity index is 2.21. The van der Waals surface area contributed by atoms with Gasteiger partial charge in [0.1, 0.15) is 5.69 Å². The molecule has 21 heavy (non-hydrogen) atoms. The van der Waals surface area contributed by atoms with Gasteiger partial charge >= 0.3 is 5.69 Å². The second kappa shape index (κ2) is 6.19. The van der Waals surface area contributed by atoms with Crippen LogP contribution in [0.4, 0.5) is 17.5 Å². The molecule has 2 rings (SSSR count). The van der Waals surface area contributed by atoms with Crippen molar-refractivity contribution in [1.29, 1.82) is 0 Å².